The van der Waals surface area contributed by atoms with E-state index in [9.17, 15) is 0 Å². The van der Waals surface area contributed by atoms with Gasteiger partial charge in [-0.3, -0.25) is 0 Å². The van der Waals surface area contributed by atoms with Gasteiger partial charge in [-0.1, -0.05) is 12.1 Å². The van der Waals surface area contributed by atoms with E-state index >= 15 is 0 Å². The average molecular weight is 218 g/mol. The Balaban J connectivity index is 2.50. The lowest BCUT2D eigenvalue weighted by atomic mass is 10.2. The summed E-state index contributed by atoms with van der Waals surface area (Å²) < 4.78 is 7.60. The van der Waals surface area contributed by atoms with Crippen molar-refractivity contribution in [3.8, 4) is 5.75 Å². The molecule has 0 saturated heterocycles. The van der Waals surface area contributed by atoms with Crippen LogP contribution in [0.15, 0.2) is 24.3 Å². The molecule has 0 saturated carbocycles. The molecular formula is C13H18N2O. The first-order valence-corrected chi connectivity index (χ1v) is 5.54. The van der Waals surface area contributed by atoms with Crippen molar-refractivity contribution < 1.29 is 4.74 Å². The maximum Gasteiger partial charge on any atom is 0.143 e. The Morgan fingerprint density at radius 3 is 2.88 bits per heavy atom. The Morgan fingerprint density at radius 2 is 2.19 bits per heavy atom. The maximum absolute atomic E-state index is 5.39. The number of aryl methyl sites for hydroxylation is 1. The fraction of sp³-hybridized carbons (Fsp3) is 0.385. The number of rotatable bonds is 4. The number of likely N-dealkylation sites (N-methyl/N-ethyl adjacent to an activating group) is 1. The largest absolute Gasteiger partial charge is 0.495 e. The molecule has 3 heteroatoms. The van der Waals surface area contributed by atoms with Crippen molar-refractivity contribution in [3.05, 3.63) is 30.0 Å². The van der Waals surface area contributed by atoms with Gasteiger partial charge in [0.25, 0.3) is 0 Å². The predicted molar refractivity (Wildman–Crippen MR) is 67.1 cm³/mol. The number of hydrogen-bond donors (Lipinski definition) is 1. The third kappa shape index (κ3) is 1.78. The van der Waals surface area contributed by atoms with Crippen molar-refractivity contribution in [2.75, 3.05) is 20.7 Å². The van der Waals surface area contributed by atoms with Gasteiger partial charge in [0.1, 0.15) is 5.75 Å². The van der Waals surface area contributed by atoms with Gasteiger partial charge >= 0.3 is 0 Å². The van der Waals surface area contributed by atoms with E-state index in [1.54, 1.807) is 7.11 Å². The number of nitrogens with one attached hydrogen (secondary N) is 1. The highest BCUT2D eigenvalue weighted by molar-refractivity contribution is 5.87. The zero-order valence-electron chi connectivity index (χ0n) is 10.1. The van der Waals surface area contributed by atoms with Crippen LogP contribution in [0.25, 0.3) is 10.9 Å². The van der Waals surface area contributed by atoms with Crippen molar-refractivity contribution in [1.29, 1.82) is 0 Å². The monoisotopic (exact) mass is 218 g/mol. The molecular weight excluding hydrogens is 200 g/mol. The normalized spacial score (nSPS) is 10.9. The van der Waals surface area contributed by atoms with Crippen LogP contribution in [0, 0.1) is 0 Å². The molecule has 2 aromatic rings. The van der Waals surface area contributed by atoms with Crippen molar-refractivity contribution in [2.24, 2.45) is 7.05 Å². The Kier molecular flexibility index (Phi) is 3.15. The molecule has 1 aromatic heterocycles. The lowest BCUT2D eigenvalue weighted by Crippen LogP contribution is -2.12. The number of methoxy groups -OCH3 is 1. The fourth-order valence-electron chi connectivity index (χ4n) is 2.09. The third-order valence-corrected chi connectivity index (χ3v) is 2.97. The molecule has 1 aromatic carbocycles. The maximum atomic E-state index is 5.39. The number of ether oxygens (including phenoxy) is 1. The second-order valence-corrected chi connectivity index (χ2v) is 3.95. The molecule has 0 unspecified atom stereocenters. The molecule has 0 aliphatic heterocycles. The van der Waals surface area contributed by atoms with Crippen molar-refractivity contribution >= 4 is 10.9 Å². The summed E-state index contributed by atoms with van der Waals surface area (Å²) in [7, 11) is 5.79. The summed E-state index contributed by atoms with van der Waals surface area (Å²) in [6, 6.07) is 8.39. The summed E-state index contributed by atoms with van der Waals surface area (Å²) >= 11 is 0. The quantitative estimate of drug-likeness (QED) is 0.849. The minimum atomic E-state index is 0.940. The number of aromatic nitrogens is 1. The van der Waals surface area contributed by atoms with E-state index in [0.29, 0.717) is 0 Å². The lowest BCUT2D eigenvalue weighted by molar-refractivity contribution is 0.417. The van der Waals surface area contributed by atoms with Crippen LogP contribution in [0.3, 0.4) is 0 Å². The van der Waals surface area contributed by atoms with E-state index in [2.05, 4.69) is 29.1 Å². The first kappa shape index (κ1) is 11.0. The highest BCUT2D eigenvalue weighted by Crippen LogP contribution is 2.27. The zero-order chi connectivity index (χ0) is 11.5. The van der Waals surface area contributed by atoms with Crippen LogP contribution in [-0.4, -0.2) is 25.3 Å². The lowest BCUT2D eigenvalue weighted by Gasteiger charge is -2.06. The smallest absolute Gasteiger partial charge is 0.143 e. The van der Waals surface area contributed by atoms with E-state index in [0.717, 1.165) is 18.7 Å². The third-order valence-electron chi connectivity index (χ3n) is 2.97. The Bertz CT molecular complexity index is 488. The SMILES string of the molecule is CNCCc1cc2cccc(OC)c2n1C. The van der Waals surface area contributed by atoms with Crippen LogP contribution in [0.1, 0.15) is 5.69 Å². The molecule has 0 aliphatic rings. The van der Waals surface area contributed by atoms with Gasteiger partial charge in [0.05, 0.1) is 12.6 Å². The topological polar surface area (TPSA) is 26.2 Å². The van der Waals surface area contributed by atoms with E-state index < -0.39 is 0 Å². The summed E-state index contributed by atoms with van der Waals surface area (Å²) in [5.74, 6) is 0.940. The molecule has 16 heavy (non-hydrogen) atoms. The van der Waals surface area contributed by atoms with Crippen LogP contribution in [0.4, 0.5) is 0 Å². The number of nitrogens with zero attached hydrogens (tertiary/aromatic N) is 1. The van der Waals surface area contributed by atoms with Crippen LogP contribution in [0.5, 0.6) is 5.75 Å². The molecule has 0 spiro atoms. The van der Waals surface area contributed by atoms with Crippen molar-refractivity contribution in [1.82, 2.24) is 9.88 Å². The fourth-order valence-corrected chi connectivity index (χ4v) is 2.09. The van der Waals surface area contributed by atoms with Gasteiger partial charge in [-0.2, -0.15) is 0 Å². The van der Waals surface area contributed by atoms with Crippen LogP contribution >= 0.6 is 0 Å². The van der Waals surface area contributed by atoms with Gasteiger partial charge in [-0.15, -0.1) is 0 Å². The molecule has 1 heterocycles. The van der Waals surface area contributed by atoms with Crippen LogP contribution in [-0.2, 0) is 13.5 Å². The van der Waals surface area contributed by atoms with Gasteiger partial charge in [-0.25, -0.2) is 0 Å². The molecule has 2 rings (SSSR count). The first-order chi connectivity index (χ1) is 7.77. The van der Waals surface area contributed by atoms with Crippen molar-refractivity contribution in [3.63, 3.8) is 0 Å². The zero-order valence-corrected chi connectivity index (χ0v) is 10.1. The van der Waals surface area contributed by atoms with Gasteiger partial charge in [0.2, 0.25) is 0 Å². The van der Waals surface area contributed by atoms with Crippen molar-refractivity contribution in [2.45, 2.75) is 6.42 Å². The van der Waals surface area contributed by atoms with E-state index in [-0.39, 0.29) is 0 Å². The summed E-state index contributed by atoms with van der Waals surface area (Å²) in [6.07, 6.45) is 1.03. The minimum Gasteiger partial charge on any atom is -0.495 e. The predicted octanol–water partition coefficient (Wildman–Crippen LogP) is 1.95. The van der Waals surface area contributed by atoms with Gasteiger partial charge < -0.3 is 14.6 Å². The summed E-state index contributed by atoms with van der Waals surface area (Å²) in [5.41, 5.74) is 2.50. The highest BCUT2D eigenvalue weighted by atomic mass is 16.5. The van der Waals surface area contributed by atoms with Gasteiger partial charge in [0.15, 0.2) is 0 Å². The minimum absolute atomic E-state index is 0.940. The molecule has 0 radical (unpaired) electrons. The highest BCUT2D eigenvalue weighted by Gasteiger charge is 2.09. The number of fused-ring (bicyclic) bond motifs is 1. The van der Waals surface area contributed by atoms with E-state index in [1.165, 1.54) is 16.6 Å². The number of hydrogen-bond acceptors (Lipinski definition) is 2. The molecule has 3 nitrogen and oxygen atoms in total. The Labute approximate surface area is 96.0 Å². The molecule has 0 fully saturated rings. The molecule has 1 N–H and O–H groups in total. The number of benzene rings is 1. The van der Waals surface area contributed by atoms with E-state index in [4.69, 9.17) is 4.74 Å². The molecule has 86 valence electrons. The van der Waals surface area contributed by atoms with Gasteiger partial charge in [0, 0.05) is 31.1 Å². The number of para-hydroxylation sites is 1. The first-order valence-electron chi connectivity index (χ1n) is 5.54. The molecule has 0 atom stereocenters. The summed E-state index contributed by atoms with van der Waals surface area (Å²) in [6.45, 7) is 0.993. The van der Waals surface area contributed by atoms with Crippen LogP contribution in [0.2, 0.25) is 0 Å². The van der Waals surface area contributed by atoms with Crippen LogP contribution < -0.4 is 10.1 Å². The molecule has 0 bridgehead atoms. The summed E-state index contributed by atoms with van der Waals surface area (Å²) in [5, 5.41) is 4.42. The summed E-state index contributed by atoms with van der Waals surface area (Å²) in [4.78, 5) is 0. The molecule has 0 aliphatic carbocycles. The molecule has 0 amide bonds. The van der Waals surface area contributed by atoms with E-state index in [1.807, 2.05) is 19.2 Å². The average Bonchev–Trinajstić information content (AvgIpc) is 2.64. The second-order valence-electron chi connectivity index (χ2n) is 3.95. The standard InChI is InChI=1S/C13H18N2O/c1-14-8-7-11-9-10-5-4-6-12(16-3)13(10)15(11)2/h4-6,9,14H,7-8H2,1-3H3. The Hall–Kier alpha value is -1.48. The van der Waals surface area contributed by atoms with Gasteiger partial charge in [-0.05, 0) is 19.2 Å². The Morgan fingerprint density at radius 1 is 1.38 bits per heavy atom. The second kappa shape index (κ2) is 4.58.